The first kappa shape index (κ1) is 12.6. The molecule has 4 heteroatoms. The summed E-state index contributed by atoms with van der Waals surface area (Å²) < 4.78 is 0. The molecule has 2 atom stereocenters. The van der Waals surface area contributed by atoms with Crippen LogP contribution in [0.1, 0.15) is 56.2 Å². The van der Waals surface area contributed by atoms with E-state index in [1.165, 1.54) is 36.5 Å². The molecule has 18 heavy (non-hydrogen) atoms. The van der Waals surface area contributed by atoms with Gasteiger partial charge in [-0.2, -0.15) is 0 Å². The summed E-state index contributed by atoms with van der Waals surface area (Å²) in [6.07, 6.45) is 4.97. The summed E-state index contributed by atoms with van der Waals surface area (Å²) in [5.74, 6) is 0.502. The number of hydrogen-bond acceptors (Lipinski definition) is 4. The second-order valence-electron chi connectivity index (χ2n) is 6.07. The summed E-state index contributed by atoms with van der Waals surface area (Å²) in [6, 6.07) is 0.525. The Kier molecular flexibility index (Phi) is 3.20. The first-order chi connectivity index (χ1) is 8.61. The van der Waals surface area contributed by atoms with Gasteiger partial charge in [0.1, 0.15) is 5.01 Å². The maximum atomic E-state index is 6.75. The normalized spacial score (nSPS) is 33.0. The van der Waals surface area contributed by atoms with Gasteiger partial charge in [0.25, 0.3) is 0 Å². The van der Waals surface area contributed by atoms with E-state index in [4.69, 9.17) is 10.7 Å². The zero-order chi connectivity index (χ0) is 12.8. The molecule has 0 radical (unpaired) electrons. The van der Waals surface area contributed by atoms with E-state index in [1.807, 2.05) is 0 Å². The van der Waals surface area contributed by atoms with E-state index in [0.717, 1.165) is 13.0 Å². The van der Waals surface area contributed by atoms with Gasteiger partial charge in [0, 0.05) is 18.0 Å². The number of piperidine rings is 1. The Morgan fingerprint density at radius 3 is 3.00 bits per heavy atom. The average Bonchev–Trinajstić information content (AvgIpc) is 2.96. The van der Waals surface area contributed by atoms with E-state index in [9.17, 15) is 0 Å². The van der Waals surface area contributed by atoms with Gasteiger partial charge in [-0.25, -0.2) is 4.98 Å². The Labute approximate surface area is 113 Å². The molecule has 2 N–H and O–H groups in total. The molecular formula is C14H23N3S. The van der Waals surface area contributed by atoms with Crippen LogP contribution in [0.3, 0.4) is 0 Å². The topological polar surface area (TPSA) is 42.1 Å². The van der Waals surface area contributed by atoms with Crippen LogP contribution in [-0.2, 0) is 5.54 Å². The van der Waals surface area contributed by atoms with Gasteiger partial charge in [0.15, 0.2) is 0 Å². The average molecular weight is 265 g/mol. The predicted molar refractivity (Wildman–Crippen MR) is 75.9 cm³/mol. The van der Waals surface area contributed by atoms with Gasteiger partial charge in [0.05, 0.1) is 11.2 Å². The zero-order valence-electron chi connectivity index (χ0n) is 11.4. The Bertz CT molecular complexity index is 428. The highest BCUT2D eigenvalue weighted by Crippen LogP contribution is 2.41. The molecule has 0 bridgehead atoms. The molecule has 2 fully saturated rings. The highest BCUT2D eigenvalue weighted by Gasteiger charge is 2.48. The summed E-state index contributed by atoms with van der Waals surface area (Å²) in [4.78, 5) is 7.40. The molecule has 2 saturated heterocycles. The van der Waals surface area contributed by atoms with Gasteiger partial charge in [-0.3, -0.25) is 4.90 Å². The molecule has 100 valence electrons. The van der Waals surface area contributed by atoms with Crippen molar-refractivity contribution in [1.82, 2.24) is 9.88 Å². The fraction of sp³-hybridized carbons (Fsp3) is 0.786. The van der Waals surface area contributed by atoms with Crippen molar-refractivity contribution in [3.8, 4) is 0 Å². The first-order valence-corrected chi connectivity index (χ1v) is 7.98. The number of fused-ring (bicyclic) bond motifs is 1. The highest BCUT2D eigenvalue weighted by atomic mass is 32.1. The third kappa shape index (κ3) is 1.91. The molecular weight excluding hydrogens is 242 g/mol. The summed E-state index contributed by atoms with van der Waals surface area (Å²) in [5.41, 5.74) is 7.78. The quantitative estimate of drug-likeness (QED) is 0.894. The molecule has 2 aliphatic heterocycles. The third-order valence-electron chi connectivity index (χ3n) is 4.53. The van der Waals surface area contributed by atoms with Crippen molar-refractivity contribution in [3.63, 3.8) is 0 Å². The molecule has 0 aliphatic carbocycles. The highest BCUT2D eigenvalue weighted by molar-refractivity contribution is 7.09. The van der Waals surface area contributed by atoms with Gasteiger partial charge in [-0.05, 0) is 31.7 Å². The molecule has 0 aromatic carbocycles. The maximum absolute atomic E-state index is 6.75. The van der Waals surface area contributed by atoms with Gasteiger partial charge < -0.3 is 5.73 Å². The monoisotopic (exact) mass is 265 g/mol. The van der Waals surface area contributed by atoms with Crippen LogP contribution in [0.15, 0.2) is 5.38 Å². The molecule has 0 amide bonds. The lowest BCUT2D eigenvalue weighted by molar-refractivity contribution is 0.156. The standard InChI is InChI=1S/C14H23N3S/c1-10(2)11-9-18-13(16-11)14(15)6-8-17-7-4-3-5-12(14)17/h9-10,12H,3-8,15H2,1-2H3. The van der Waals surface area contributed by atoms with Crippen molar-refractivity contribution in [2.45, 2.75) is 57.0 Å². The largest absolute Gasteiger partial charge is 0.318 e. The van der Waals surface area contributed by atoms with E-state index in [2.05, 4.69) is 24.1 Å². The second kappa shape index (κ2) is 4.58. The summed E-state index contributed by atoms with van der Waals surface area (Å²) in [5, 5.41) is 3.36. The fourth-order valence-corrected chi connectivity index (χ4v) is 4.52. The van der Waals surface area contributed by atoms with Crippen LogP contribution < -0.4 is 5.73 Å². The molecule has 3 heterocycles. The van der Waals surface area contributed by atoms with E-state index < -0.39 is 0 Å². The Balaban J connectivity index is 1.89. The van der Waals surface area contributed by atoms with Crippen LogP contribution in [-0.4, -0.2) is 29.0 Å². The number of thiazole rings is 1. The van der Waals surface area contributed by atoms with Crippen LogP contribution >= 0.6 is 11.3 Å². The van der Waals surface area contributed by atoms with Crippen molar-refractivity contribution >= 4 is 11.3 Å². The van der Waals surface area contributed by atoms with E-state index in [-0.39, 0.29) is 5.54 Å². The van der Waals surface area contributed by atoms with Gasteiger partial charge >= 0.3 is 0 Å². The van der Waals surface area contributed by atoms with Crippen LogP contribution in [0, 0.1) is 0 Å². The summed E-state index contributed by atoms with van der Waals surface area (Å²) in [6.45, 7) is 6.77. The predicted octanol–water partition coefficient (Wildman–Crippen LogP) is 2.68. The minimum absolute atomic E-state index is 0.182. The summed E-state index contributed by atoms with van der Waals surface area (Å²) in [7, 11) is 0. The van der Waals surface area contributed by atoms with Crippen LogP contribution in [0.2, 0.25) is 0 Å². The van der Waals surface area contributed by atoms with E-state index in [1.54, 1.807) is 11.3 Å². The lowest BCUT2D eigenvalue weighted by Gasteiger charge is -2.37. The molecule has 3 rings (SSSR count). The molecule has 0 saturated carbocycles. The van der Waals surface area contributed by atoms with Crippen molar-refractivity contribution < 1.29 is 0 Å². The molecule has 3 nitrogen and oxygen atoms in total. The second-order valence-corrected chi connectivity index (χ2v) is 6.93. The molecule has 2 aliphatic rings. The number of nitrogens with two attached hydrogens (primary N) is 1. The summed E-state index contributed by atoms with van der Waals surface area (Å²) >= 11 is 1.77. The minimum atomic E-state index is -0.182. The molecule has 0 spiro atoms. The lowest BCUT2D eigenvalue weighted by Crippen LogP contribution is -2.50. The zero-order valence-corrected chi connectivity index (χ0v) is 12.2. The minimum Gasteiger partial charge on any atom is -0.318 e. The fourth-order valence-electron chi connectivity index (χ4n) is 3.35. The number of aromatic nitrogens is 1. The molecule has 1 aromatic heterocycles. The Morgan fingerprint density at radius 2 is 2.28 bits per heavy atom. The molecule has 2 unspecified atom stereocenters. The SMILES string of the molecule is CC(C)c1csc(C2(N)CCN3CCCCC32)n1. The van der Waals surface area contributed by atoms with Gasteiger partial charge in [-0.1, -0.05) is 20.3 Å². The Hall–Kier alpha value is -0.450. The lowest BCUT2D eigenvalue weighted by atomic mass is 9.87. The van der Waals surface area contributed by atoms with Gasteiger partial charge in [0.2, 0.25) is 0 Å². The van der Waals surface area contributed by atoms with Crippen LogP contribution in [0.4, 0.5) is 0 Å². The number of hydrogen-bond donors (Lipinski definition) is 1. The van der Waals surface area contributed by atoms with Crippen molar-refractivity contribution in [2.24, 2.45) is 5.73 Å². The van der Waals surface area contributed by atoms with Gasteiger partial charge in [-0.15, -0.1) is 11.3 Å². The smallest absolute Gasteiger partial charge is 0.114 e. The van der Waals surface area contributed by atoms with E-state index >= 15 is 0 Å². The van der Waals surface area contributed by atoms with Crippen molar-refractivity contribution in [1.29, 1.82) is 0 Å². The molecule has 1 aromatic rings. The first-order valence-electron chi connectivity index (χ1n) is 7.10. The maximum Gasteiger partial charge on any atom is 0.114 e. The number of nitrogens with zero attached hydrogens (tertiary/aromatic N) is 2. The van der Waals surface area contributed by atoms with Crippen molar-refractivity contribution in [2.75, 3.05) is 13.1 Å². The van der Waals surface area contributed by atoms with Crippen molar-refractivity contribution in [3.05, 3.63) is 16.1 Å². The number of rotatable bonds is 2. The van der Waals surface area contributed by atoms with Crippen LogP contribution in [0.25, 0.3) is 0 Å². The Morgan fingerprint density at radius 1 is 1.44 bits per heavy atom. The third-order valence-corrected chi connectivity index (χ3v) is 5.59. The van der Waals surface area contributed by atoms with E-state index in [0.29, 0.717) is 12.0 Å². The van der Waals surface area contributed by atoms with Crippen LogP contribution in [0.5, 0.6) is 0 Å².